The monoisotopic (exact) mass is 547 g/mol. The Kier molecular flexibility index (Phi) is 9.87. The van der Waals surface area contributed by atoms with Crippen molar-refractivity contribution in [2.75, 3.05) is 12.5 Å². The fourth-order valence-electron chi connectivity index (χ4n) is 4.17. The number of aliphatic hydroxyl groups excluding tert-OH is 1. The summed E-state index contributed by atoms with van der Waals surface area (Å²) in [6, 6.07) is 10.2. The Bertz CT molecular complexity index is 1140. The lowest BCUT2D eigenvalue weighted by atomic mass is 9.97. The summed E-state index contributed by atoms with van der Waals surface area (Å²) in [6.45, 7) is 6.53. The number of carbonyl (C=O) groups is 3. The molecule has 204 valence electrons. The van der Waals surface area contributed by atoms with E-state index in [1.807, 2.05) is 6.07 Å². The second-order valence-corrected chi connectivity index (χ2v) is 10.9. The second kappa shape index (κ2) is 12.9. The van der Waals surface area contributed by atoms with Crippen LogP contribution < -0.4 is 10.6 Å². The molecule has 3 N–H and O–H groups in total. The van der Waals surface area contributed by atoms with Gasteiger partial charge < -0.3 is 25.4 Å². The first-order chi connectivity index (χ1) is 18.0. The highest BCUT2D eigenvalue weighted by Crippen LogP contribution is 2.40. The van der Waals surface area contributed by atoms with Crippen molar-refractivity contribution in [1.82, 2.24) is 15.5 Å². The molecule has 0 aromatic heterocycles. The van der Waals surface area contributed by atoms with Gasteiger partial charge in [0, 0.05) is 16.9 Å². The van der Waals surface area contributed by atoms with Gasteiger partial charge in [-0.1, -0.05) is 49.1 Å². The highest BCUT2D eigenvalue weighted by atomic mass is 32.2. The van der Waals surface area contributed by atoms with Crippen molar-refractivity contribution >= 4 is 29.7 Å². The number of thioether (sulfide) groups is 1. The zero-order valence-corrected chi connectivity index (χ0v) is 22.0. The van der Waals surface area contributed by atoms with Crippen LogP contribution >= 0.6 is 11.8 Å². The molecule has 2 aromatic rings. The number of nitrogens with one attached hydrogen (secondary N) is 2. The van der Waals surface area contributed by atoms with Crippen LogP contribution in [0.25, 0.3) is 0 Å². The van der Waals surface area contributed by atoms with Crippen molar-refractivity contribution in [2.45, 2.75) is 49.7 Å². The fourth-order valence-corrected chi connectivity index (χ4v) is 5.31. The Morgan fingerprint density at radius 3 is 2.47 bits per heavy atom. The topological polar surface area (TPSA) is 108 Å². The molecule has 0 unspecified atom stereocenters. The molecule has 1 saturated heterocycles. The first-order valence-electron chi connectivity index (χ1n) is 12.0. The fraction of sp³-hybridized carbons (Fsp3) is 0.370. The average Bonchev–Trinajstić information content (AvgIpc) is 3.21. The number of rotatable bonds is 10. The molecule has 3 amide bonds. The lowest BCUT2D eigenvalue weighted by molar-refractivity contribution is -0.147. The van der Waals surface area contributed by atoms with Crippen LogP contribution in [-0.4, -0.2) is 63.3 Å². The van der Waals surface area contributed by atoms with Crippen molar-refractivity contribution in [2.24, 2.45) is 0 Å². The Morgan fingerprint density at radius 1 is 1.18 bits per heavy atom. The van der Waals surface area contributed by atoms with Gasteiger partial charge in [0.2, 0.25) is 5.91 Å². The maximum Gasteiger partial charge on any atom is 0.407 e. The zero-order chi connectivity index (χ0) is 27.9. The van der Waals surface area contributed by atoms with Gasteiger partial charge in [0.15, 0.2) is 6.10 Å². The van der Waals surface area contributed by atoms with Gasteiger partial charge in [-0.3, -0.25) is 9.59 Å². The van der Waals surface area contributed by atoms with E-state index in [0.29, 0.717) is 0 Å². The quantitative estimate of drug-likeness (QED) is 0.395. The summed E-state index contributed by atoms with van der Waals surface area (Å²) in [7, 11) is 0. The van der Waals surface area contributed by atoms with Crippen LogP contribution in [0.15, 0.2) is 61.2 Å². The molecule has 3 rings (SSSR count). The normalized spacial score (nSPS) is 17.8. The van der Waals surface area contributed by atoms with Crippen LogP contribution in [0.3, 0.4) is 0 Å². The van der Waals surface area contributed by atoms with Crippen molar-refractivity contribution < 1.29 is 33.0 Å². The third kappa shape index (κ3) is 7.11. The number of hydrogen-bond acceptors (Lipinski definition) is 6. The maximum atomic E-state index is 14.0. The third-order valence-electron chi connectivity index (χ3n) is 6.15. The molecule has 11 heteroatoms. The van der Waals surface area contributed by atoms with Gasteiger partial charge in [-0.2, -0.15) is 0 Å². The van der Waals surface area contributed by atoms with E-state index >= 15 is 0 Å². The standard InChI is InChI=1S/C27H31F2N3O5S/c1-4-13-37-26(36)31-21(14-17-9-6-5-7-10-17)22(33)25(35)32-16-38-27(2,3)23(32)24(34)30-15-18-19(28)11-8-12-20(18)29/h4-12,21-23,33H,1,13-16H2,2-3H3,(H,30,34)(H,31,36)/t21-,22-,23-/m0/s1. The Labute approximate surface area is 224 Å². The largest absolute Gasteiger partial charge is 0.445 e. The van der Waals surface area contributed by atoms with Crippen molar-refractivity contribution in [3.8, 4) is 0 Å². The molecule has 1 aliphatic rings. The number of nitrogens with zero attached hydrogens (tertiary/aromatic N) is 1. The smallest absolute Gasteiger partial charge is 0.407 e. The van der Waals surface area contributed by atoms with Gasteiger partial charge in [0.05, 0.1) is 11.9 Å². The SMILES string of the molecule is C=CCOC(=O)N[C@@H](Cc1ccccc1)[C@H](O)C(=O)N1CSC(C)(C)[C@@H]1C(=O)NCc1c(F)cccc1F. The van der Waals surface area contributed by atoms with Gasteiger partial charge in [0.1, 0.15) is 24.3 Å². The average molecular weight is 548 g/mol. The van der Waals surface area contributed by atoms with E-state index in [0.717, 1.165) is 17.7 Å². The lowest BCUT2D eigenvalue weighted by Crippen LogP contribution is -2.58. The predicted molar refractivity (Wildman–Crippen MR) is 140 cm³/mol. The van der Waals surface area contributed by atoms with Crippen LogP contribution in [0.4, 0.5) is 13.6 Å². The van der Waals surface area contributed by atoms with Crippen LogP contribution in [0.2, 0.25) is 0 Å². The number of alkyl carbamates (subject to hydrolysis) is 1. The summed E-state index contributed by atoms with van der Waals surface area (Å²) in [5, 5.41) is 16.2. The summed E-state index contributed by atoms with van der Waals surface area (Å²) in [5.41, 5.74) is 0.457. The Balaban J connectivity index is 1.79. The van der Waals surface area contributed by atoms with Gasteiger partial charge in [-0.25, -0.2) is 13.6 Å². The highest BCUT2D eigenvalue weighted by Gasteiger charge is 2.49. The number of aliphatic hydroxyl groups is 1. The summed E-state index contributed by atoms with van der Waals surface area (Å²) in [4.78, 5) is 40.2. The number of amides is 3. The van der Waals surface area contributed by atoms with Crippen LogP contribution in [-0.2, 0) is 27.3 Å². The maximum absolute atomic E-state index is 14.0. The van der Waals surface area contributed by atoms with Crippen molar-refractivity contribution in [3.05, 3.63) is 83.9 Å². The number of hydrogen-bond donors (Lipinski definition) is 3. The number of benzene rings is 2. The van der Waals surface area contributed by atoms with Gasteiger partial charge in [0.25, 0.3) is 5.91 Å². The van der Waals surface area contributed by atoms with Crippen molar-refractivity contribution in [3.63, 3.8) is 0 Å². The second-order valence-electron chi connectivity index (χ2n) is 9.28. The van der Waals surface area contributed by atoms with E-state index in [1.165, 1.54) is 28.8 Å². The van der Waals surface area contributed by atoms with E-state index < -0.39 is 59.0 Å². The minimum Gasteiger partial charge on any atom is -0.445 e. The van der Waals surface area contributed by atoms with Gasteiger partial charge >= 0.3 is 6.09 Å². The Hall–Kier alpha value is -3.44. The molecule has 1 aliphatic heterocycles. The summed E-state index contributed by atoms with van der Waals surface area (Å²) in [5.74, 6) is -2.90. The molecule has 38 heavy (non-hydrogen) atoms. The van der Waals surface area contributed by atoms with Crippen LogP contribution in [0.5, 0.6) is 0 Å². The third-order valence-corrected chi connectivity index (χ3v) is 7.52. The van der Waals surface area contributed by atoms with Gasteiger partial charge in [-0.05, 0) is 38.0 Å². The molecule has 0 saturated carbocycles. The predicted octanol–water partition coefficient (Wildman–Crippen LogP) is 3.15. The molecular formula is C27H31F2N3O5S. The van der Waals surface area contributed by atoms with Crippen LogP contribution in [0.1, 0.15) is 25.0 Å². The highest BCUT2D eigenvalue weighted by molar-refractivity contribution is 8.00. The summed E-state index contributed by atoms with van der Waals surface area (Å²) < 4.78 is 32.3. The first kappa shape index (κ1) is 29.1. The molecule has 0 spiro atoms. The summed E-state index contributed by atoms with van der Waals surface area (Å²) in [6.07, 6.45) is -1.05. The Morgan fingerprint density at radius 2 is 1.84 bits per heavy atom. The minimum atomic E-state index is -1.71. The van der Waals surface area contributed by atoms with E-state index in [9.17, 15) is 28.3 Å². The van der Waals surface area contributed by atoms with E-state index in [4.69, 9.17) is 4.74 Å². The number of carbonyl (C=O) groups excluding carboxylic acids is 3. The molecule has 0 radical (unpaired) electrons. The number of ether oxygens (including phenoxy) is 1. The summed E-state index contributed by atoms with van der Waals surface area (Å²) >= 11 is 1.32. The van der Waals surface area contributed by atoms with E-state index in [-0.39, 0.29) is 24.5 Å². The van der Waals surface area contributed by atoms with Gasteiger partial charge in [-0.15, -0.1) is 11.8 Å². The first-order valence-corrected chi connectivity index (χ1v) is 12.9. The lowest BCUT2D eigenvalue weighted by Gasteiger charge is -2.33. The van der Waals surface area contributed by atoms with E-state index in [1.54, 1.807) is 38.1 Å². The molecular weight excluding hydrogens is 516 g/mol. The molecule has 0 bridgehead atoms. The minimum absolute atomic E-state index is 0.0598. The molecule has 0 aliphatic carbocycles. The zero-order valence-electron chi connectivity index (χ0n) is 21.2. The molecule has 8 nitrogen and oxygen atoms in total. The molecule has 2 aromatic carbocycles. The van der Waals surface area contributed by atoms with E-state index in [2.05, 4.69) is 17.2 Å². The number of halogens is 2. The van der Waals surface area contributed by atoms with Crippen molar-refractivity contribution in [1.29, 1.82) is 0 Å². The van der Waals surface area contributed by atoms with Crippen LogP contribution in [0, 0.1) is 11.6 Å². The molecule has 1 fully saturated rings. The molecule has 3 atom stereocenters. The molecule has 1 heterocycles.